The van der Waals surface area contributed by atoms with Crippen LogP contribution in [0.3, 0.4) is 0 Å². The molecular weight excluding hydrogens is 292 g/mol. The van der Waals surface area contributed by atoms with E-state index in [1.54, 1.807) is 6.07 Å². The van der Waals surface area contributed by atoms with Crippen molar-refractivity contribution in [1.29, 1.82) is 0 Å². The summed E-state index contributed by atoms with van der Waals surface area (Å²) in [5, 5.41) is 13.8. The van der Waals surface area contributed by atoms with Crippen LogP contribution in [0.4, 0.5) is 5.69 Å². The van der Waals surface area contributed by atoms with Gasteiger partial charge in [-0.2, -0.15) is 0 Å². The van der Waals surface area contributed by atoms with Crippen molar-refractivity contribution in [2.45, 2.75) is 26.3 Å². The van der Waals surface area contributed by atoms with E-state index in [0.717, 1.165) is 12.0 Å². The first-order valence-corrected chi connectivity index (χ1v) is 7.57. The number of nitrogens with zero attached hydrogens (tertiary/aromatic N) is 1. The van der Waals surface area contributed by atoms with Crippen molar-refractivity contribution in [3.63, 3.8) is 0 Å². The fourth-order valence-electron chi connectivity index (χ4n) is 2.44. The Morgan fingerprint density at radius 1 is 1.13 bits per heavy atom. The number of rotatable bonds is 6. The Morgan fingerprint density at radius 3 is 2.43 bits per heavy atom. The van der Waals surface area contributed by atoms with Crippen LogP contribution in [0.1, 0.15) is 42.2 Å². The largest absolute Gasteiger partial charge is 0.345 e. The lowest BCUT2D eigenvalue weighted by molar-refractivity contribution is -0.384. The smallest absolute Gasteiger partial charge is 0.270 e. The lowest BCUT2D eigenvalue weighted by atomic mass is 9.96. The second-order valence-electron chi connectivity index (χ2n) is 5.87. The van der Waals surface area contributed by atoms with Gasteiger partial charge in [-0.3, -0.25) is 14.9 Å². The summed E-state index contributed by atoms with van der Waals surface area (Å²) in [6.45, 7) is 4.19. The highest BCUT2D eigenvalue weighted by Crippen LogP contribution is 2.22. The number of benzene rings is 2. The molecule has 120 valence electrons. The van der Waals surface area contributed by atoms with Crippen LogP contribution in [-0.4, -0.2) is 10.8 Å². The quantitative estimate of drug-likeness (QED) is 0.644. The Kier molecular flexibility index (Phi) is 5.46. The Labute approximate surface area is 135 Å². The summed E-state index contributed by atoms with van der Waals surface area (Å²) in [4.78, 5) is 22.8. The molecule has 0 saturated heterocycles. The second-order valence-corrected chi connectivity index (χ2v) is 5.87. The number of nitro groups is 1. The number of hydrogen-bond donors (Lipinski definition) is 1. The van der Waals surface area contributed by atoms with Gasteiger partial charge < -0.3 is 5.32 Å². The van der Waals surface area contributed by atoms with E-state index >= 15 is 0 Å². The Morgan fingerprint density at radius 2 is 1.83 bits per heavy atom. The summed E-state index contributed by atoms with van der Waals surface area (Å²) in [6.07, 6.45) is 0.796. The van der Waals surface area contributed by atoms with Crippen LogP contribution in [0.25, 0.3) is 0 Å². The van der Waals surface area contributed by atoms with E-state index in [1.165, 1.54) is 18.2 Å². The molecule has 0 saturated carbocycles. The molecule has 5 nitrogen and oxygen atoms in total. The Bertz CT molecular complexity index is 684. The zero-order valence-electron chi connectivity index (χ0n) is 13.2. The highest BCUT2D eigenvalue weighted by molar-refractivity contribution is 5.95. The van der Waals surface area contributed by atoms with Gasteiger partial charge in [-0.15, -0.1) is 0 Å². The molecule has 2 rings (SSSR count). The topological polar surface area (TPSA) is 72.2 Å². The minimum atomic E-state index is -0.500. The third kappa shape index (κ3) is 4.64. The molecule has 0 radical (unpaired) electrons. The van der Waals surface area contributed by atoms with E-state index < -0.39 is 4.92 Å². The van der Waals surface area contributed by atoms with Gasteiger partial charge in [-0.25, -0.2) is 0 Å². The van der Waals surface area contributed by atoms with Gasteiger partial charge in [0.15, 0.2) is 0 Å². The molecule has 0 bridgehead atoms. The van der Waals surface area contributed by atoms with Crippen LogP contribution < -0.4 is 5.32 Å². The average Bonchev–Trinajstić information content (AvgIpc) is 2.54. The summed E-state index contributed by atoms with van der Waals surface area (Å²) in [6, 6.07) is 15.4. The molecule has 0 fully saturated rings. The van der Waals surface area contributed by atoms with Gasteiger partial charge in [0.2, 0.25) is 0 Å². The van der Waals surface area contributed by atoms with E-state index in [1.807, 2.05) is 30.3 Å². The highest BCUT2D eigenvalue weighted by Gasteiger charge is 2.18. The van der Waals surface area contributed by atoms with Gasteiger partial charge in [0, 0.05) is 17.7 Å². The maximum absolute atomic E-state index is 12.5. The Balaban J connectivity index is 2.20. The number of carbonyl (C=O) groups excluding carboxylic acids is 1. The third-order valence-corrected chi connectivity index (χ3v) is 3.53. The van der Waals surface area contributed by atoms with Crippen LogP contribution in [0.5, 0.6) is 0 Å². The maximum atomic E-state index is 12.5. The van der Waals surface area contributed by atoms with Crippen molar-refractivity contribution in [3.8, 4) is 0 Å². The van der Waals surface area contributed by atoms with Crippen molar-refractivity contribution < 1.29 is 9.72 Å². The molecule has 5 heteroatoms. The number of hydrogen-bond acceptors (Lipinski definition) is 3. The normalized spacial score (nSPS) is 12.0. The molecule has 1 N–H and O–H groups in total. The van der Waals surface area contributed by atoms with Crippen molar-refractivity contribution in [2.24, 2.45) is 5.92 Å². The number of non-ortho nitro benzene ring substituents is 1. The monoisotopic (exact) mass is 312 g/mol. The molecule has 1 unspecified atom stereocenters. The molecule has 0 aliphatic rings. The van der Waals surface area contributed by atoms with Crippen molar-refractivity contribution in [3.05, 3.63) is 75.8 Å². The molecule has 0 spiro atoms. The lowest BCUT2D eigenvalue weighted by Crippen LogP contribution is -2.29. The van der Waals surface area contributed by atoms with Crippen LogP contribution in [-0.2, 0) is 0 Å². The summed E-state index contributed by atoms with van der Waals surface area (Å²) in [5.74, 6) is 0.105. The van der Waals surface area contributed by atoms with Crippen LogP contribution in [0, 0.1) is 16.0 Å². The molecule has 0 heterocycles. The maximum Gasteiger partial charge on any atom is 0.270 e. The summed E-state index contributed by atoms with van der Waals surface area (Å²) in [7, 11) is 0. The molecule has 0 aliphatic heterocycles. The molecule has 0 aliphatic carbocycles. The number of amides is 1. The molecule has 1 amide bonds. The fourth-order valence-corrected chi connectivity index (χ4v) is 2.44. The van der Waals surface area contributed by atoms with Gasteiger partial charge in [-0.05, 0) is 24.0 Å². The zero-order chi connectivity index (χ0) is 16.8. The molecule has 2 aromatic carbocycles. The summed E-state index contributed by atoms with van der Waals surface area (Å²) < 4.78 is 0. The first kappa shape index (κ1) is 16.7. The van der Waals surface area contributed by atoms with E-state index in [9.17, 15) is 14.9 Å². The first-order valence-electron chi connectivity index (χ1n) is 7.57. The summed E-state index contributed by atoms with van der Waals surface area (Å²) in [5.41, 5.74) is 1.24. The summed E-state index contributed by atoms with van der Waals surface area (Å²) >= 11 is 0. The molecule has 23 heavy (non-hydrogen) atoms. The number of nitro benzene ring substituents is 1. The number of nitrogens with one attached hydrogen (secondary N) is 1. The van der Waals surface area contributed by atoms with Crippen LogP contribution in [0.15, 0.2) is 54.6 Å². The minimum Gasteiger partial charge on any atom is -0.345 e. The SMILES string of the molecule is CC(C)CC(NC(=O)c1cccc([N+](=O)[O-])c1)c1ccccc1. The third-order valence-electron chi connectivity index (χ3n) is 3.53. The fraction of sp³-hybridized carbons (Fsp3) is 0.278. The number of carbonyl (C=O) groups is 1. The molecule has 0 aromatic heterocycles. The average molecular weight is 312 g/mol. The van der Waals surface area contributed by atoms with Crippen LogP contribution >= 0.6 is 0 Å². The molecular formula is C18H20N2O3. The van der Waals surface area contributed by atoms with Gasteiger partial charge in [0.25, 0.3) is 11.6 Å². The van der Waals surface area contributed by atoms with Gasteiger partial charge in [0.05, 0.1) is 11.0 Å². The van der Waals surface area contributed by atoms with Crippen molar-refractivity contribution >= 4 is 11.6 Å². The van der Waals surface area contributed by atoms with E-state index in [-0.39, 0.29) is 17.6 Å². The predicted octanol–water partition coefficient (Wildman–Crippen LogP) is 4.11. The minimum absolute atomic E-state index is 0.0854. The van der Waals surface area contributed by atoms with Crippen LogP contribution in [0.2, 0.25) is 0 Å². The van der Waals surface area contributed by atoms with E-state index in [0.29, 0.717) is 11.5 Å². The highest BCUT2D eigenvalue weighted by atomic mass is 16.6. The van der Waals surface area contributed by atoms with E-state index in [4.69, 9.17) is 0 Å². The van der Waals surface area contributed by atoms with Gasteiger partial charge >= 0.3 is 0 Å². The lowest BCUT2D eigenvalue weighted by Gasteiger charge is -2.21. The zero-order valence-corrected chi connectivity index (χ0v) is 13.2. The second kappa shape index (κ2) is 7.54. The van der Waals surface area contributed by atoms with Gasteiger partial charge in [-0.1, -0.05) is 50.2 Å². The van der Waals surface area contributed by atoms with Crippen molar-refractivity contribution in [2.75, 3.05) is 0 Å². The predicted molar refractivity (Wildman–Crippen MR) is 89.2 cm³/mol. The Hall–Kier alpha value is -2.69. The van der Waals surface area contributed by atoms with Crippen molar-refractivity contribution in [1.82, 2.24) is 5.32 Å². The van der Waals surface area contributed by atoms with Gasteiger partial charge in [0.1, 0.15) is 0 Å². The first-order chi connectivity index (χ1) is 11.0. The molecule has 1 atom stereocenters. The van der Waals surface area contributed by atoms with E-state index in [2.05, 4.69) is 19.2 Å². The standard InChI is InChI=1S/C18H20N2O3/c1-13(2)11-17(14-7-4-3-5-8-14)19-18(21)15-9-6-10-16(12-15)20(22)23/h3-10,12-13,17H,11H2,1-2H3,(H,19,21). The molecule has 2 aromatic rings.